The van der Waals surface area contributed by atoms with E-state index in [-0.39, 0.29) is 11.3 Å². The number of aromatic nitrogens is 1. The highest BCUT2D eigenvalue weighted by atomic mass is 79.9. The van der Waals surface area contributed by atoms with Crippen molar-refractivity contribution in [1.29, 1.82) is 0 Å². The van der Waals surface area contributed by atoms with Crippen LogP contribution < -0.4 is 0 Å². The van der Waals surface area contributed by atoms with Crippen LogP contribution in [0.25, 0.3) is 22.2 Å². The topological polar surface area (TPSA) is 12.9 Å². The second-order valence-electron chi connectivity index (χ2n) is 4.23. The van der Waals surface area contributed by atoms with Crippen molar-refractivity contribution in [3.05, 3.63) is 63.0 Å². The molecule has 2 aromatic carbocycles. The van der Waals surface area contributed by atoms with Crippen LogP contribution >= 0.6 is 31.9 Å². The normalized spacial score (nSPS) is 11.0. The summed E-state index contributed by atoms with van der Waals surface area (Å²) in [5, 5.41) is 0.644. The molecule has 1 aromatic heterocycles. The third-order valence-corrected chi connectivity index (χ3v) is 4.24. The van der Waals surface area contributed by atoms with Gasteiger partial charge in [0.15, 0.2) is 5.82 Å². The Kier molecular flexibility index (Phi) is 3.56. The van der Waals surface area contributed by atoms with Gasteiger partial charge in [-0.25, -0.2) is 13.8 Å². The molecule has 1 nitrogen and oxygen atoms in total. The van der Waals surface area contributed by atoms with Crippen molar-refractivity contribution >= 4 is 42.8 Å². The Morgan fingerprint density at radius 2 is 1.65 bits per heavy atom. The van der Waals surface area contributed by atoms with E-state index in [0.29, 0.717) is 25.6 Å². The lowest BCUT2D eigenvalue weighted by Crippen LogP contribution is -1.92. The average molecular weight is 399 g/mol. The fourth-order valence-electron chi connectivity index (χ4n) is 2.00. The molecule has 0 radical (unpaired) electrons. The molecular weight excluding hydrogens is 392 g/mol. The lowest BCUT2D eigenvalue weighted by molar-refractivity contribution is 0.627. The predicted molar refractivity (Wildman–Crippen MR) is 82.5 cm³/mol. The summed E-state index contributed by atoms with van der Waals surface area (Å²) in [5.41, 5.74) is 0.931. The number of nitrogens with zero attached hydrogens (tertiary/aromatic N) is 1. The summed E-state index contributed by atoms with van der Waals surface area (Å²) in [7, 11) is 0. The third-order valence-electron chi connectivity index (χ3n) is 2.97. The number of fused-ring (bicyclic) bond motifs is 1. The second-order valence-corrected chi connectivity index (χ2v) is 5.94. The van der Waals surface area contributed by atoms with Crippen molar-refractivity contribution in [2.75, 3.05) is 0 Å². The summed E-state index contributed by atoms with van der Waals surface area (Å²) in [5.74, 6) is -0.844. The molecule has 0 spiro atoms. The van der Waals surface area contributed by atoms with Crippen LogP contribution in [0.4, 0.5) is 8.78 Å². The minimum atomic E-state index is -0.457. The lowest BCUT2D eigenvalue weighted by Gasteiger charge is -2.08. The summed E-state index contributed by atoms with van der Waals surface area (Å²) >= 11 is 6.52. The maximum Gasteiger partial charge on any atom is 0.163 e. The van der Waals surface area contributed by atoms with Gasteiger partial charge >= 0.3 is 0 Å². The quantitative estimate of drug-likeness (QED) is 0.512. The molecule has 20 heavy (non-hydrogen) atoms. The molecule has 0 atom stereocenters. The van der Waals surface area contributed by atoms with Crippen molar-refractivity contribution in [3.63, 3.8) is 0 Å². The number of hydrogen-bond acceptors (Lipinski definition) is 1. The molecule has 0 aliphatic carbocycles. The van der Waals surface area contributed by atoms with Gasteiger partial charge in [-0.05, 0) is 40.2 Å². The molecule has 0 N–H and O–H groups in total. The zero-order chi connectivity index (χ0) is 14.3. The van der Waals surface area contributed by atoms with Crippen LogP contribution in [-0.2, 0) is 0 Å². The molecule has 0 amide bonds. The summed E-state index contributed by atoms with van der Waals surface area (Å²) < 4.78 is 29.0. The van der Waals surface area contributed by atoms with Gasteiger partial charge in [-0.2, -0.15) is 0 Å². The second kappa shape index (κ2) is 5.22. The van der Waals surface area contributed by atoms with E-state index in [1.165, 1.54) is 6.07 Å². The zero-order valence-corrected chi connectivity index (χ0v) is 13.2. The summed E-state index contributed by atoms with van der Waals surface area (Å²) in [6.45, 7) is 0. The van der Waals surface area contributed by atoms with E-state index >= 15 is 0 Å². The minimum Gasteiger partial charge on any atom is -0.244 e. The van der Waals surface area contributed by atoms with Gasteiger partial charge < -0.3 is 0 Å². The Hall–Kier alpha value is -1.33. The van der Waals surface area contributed by atoms with E-state index < -0.39 is 5.82 Å². The SMILES string of the molecule is Fc1ccccc1-c1cc(Br)c2ccc(Br)c(F)c2n1. The van der Waals surface area contributed by atoms with Gasteiger partial charge in [0, 0.05) is 15.4 Å². The highest BCUT2D eigenvalue weighted by Crippen LogP contribution is 2.32. The van der Waals surface area contributed by atoms with Crippen molar-refractivity contribution in [1.82, 2.24) is 4.98 Å². The number of pyridine rings is 1. The van der Waals surface area contributed by atoms with Gasteiger partial charge in [0.1, 0.15) is 11.3 Å². The van der Waals surface area contributed by atoms with Crippen molar-refractivity contribution in [3.8, 4) is 11.3 Å². The molecule has 3 rings (SSSR count). The van der Waals surface area contributed by atoms with Gasteiger partial charge in [-0.1, -0.05) is 34.1 Å². The van der Waals surface area contributed by atoms with Crippen LogP contribution in [0.1, 0.15) is 0 Å². The van der Waals surface area contributed by atoms with Crippen LogP contribution in [0, 0.1) is 11.6 Å². The molecule has 0 bridgehead atoms. The maximum atomic E-state index is 14.2. The molecule has 1 heterocycles. The van der Waals surface area contributed by atoms with Crippen molar-refractivity contribution in [2.24, 2.45) is 0 Å². The third kappa shape index (κ3) is 2.25. The first kappa shape index (κ1) is 13.6. The average Bonchev–Trinajstić information content (AvgIpc) is 2.43. The molecule has 0 aliphatic rings. The fraction of sp³-hybridized carbons (Fsp3) is 0. The summed E-state index contributed by atoms with van der Waals surface area (Å²) in [6.07, 6.45) is 0. The number of halogens is 4. The first-order chi connectivity index (χ1) is 9.58. The largest absolute Gasteiger partial charge is 0.244 e. The molecular formula is C15H7Br2F2N. The number of rotatable bonds is 1. The molecule has 3 aromatic rings. The monoisotopic (exact) mass is 397 g/mol. The van der Waals surface area contributed by atoms with Crippen LogP contribution in [-0.4, -0.2) is 4.98 Å². The van der Waals surface area contributed by atoms with Crippen molar-refractivity contribution < 1.29 is 8.78 Å². The molecule has 0 unspecified atom stereocenters. The molecule has 0 saturated heterocycles. The number of benzene rings is 2. The highest BCUT2D eigenvalue weighted by Gasteiger charge is 2.13. The Labute approximate surface area is 130 Å². The molecule has 0 saturated carbocycles. The predicted octanol–water partition coefficient (Wildman–Crippen LogP) is 5.71. The van der Waals surface area contributed by atoms with E-state index in [9.17, 15) is 8.78 Å². The Balaban J connectivity index is 2.34. The van der Waals surface area contributed by atoms with E-state index in [0.717, 1.165) is 0 Å². The lowest BCUT2D eigenvalue weighted by atomic mass is 10.1. The van der Waals surface area contributed by atoms with Gasteiger partial charge in [-0.3, -0.25) is 0 Å². The number of hydrogen-bond donors (Lipinski definition) is 0. The Morgan fingerprint density at radius 3 is 2.40 bits per heavy atom. The smallest absolute Gasteiger partial charge is 0.163 e. The minimum absolute atomic E-state index is 0.201. The standard InChI is InChI=1S/C15H7Br2F2N/c16-10-6-5-8-11(17)7-13(20-15(8)14(10)19)9-3-1-2-4-12(9)18/h1-7H. The van der Waals surface area contributed by atoms with E-state index in [4.69, 9.17) is 0 Å². The van der Waals surface area contributed by atoms with E-state index in [1.54, 1.807) is 36.4 Å². The highest BCUT2D eigenvalue weighted by molar-refractivity contribution is 9.11. The maximum absolute atomic E-state index is 14.2. The molecule has 0 aliphatic heterocycles. The fourth-order valence-corrected chi connectivity index (χ4v) is 2.86. The van der Waals surface area contributed by atoms with Crippen LogP contribution in [0.2, 0.25) is 0 Å². The Bertz CT molecular complexity index is 818. The molecule has 100 valence electrons. The molecule has 0 fully saturated rings. The first-order valence-electron chi connectivity index (χ1n) is 5.77. The van der Waals surface area contributed by atoms with Crippen molar-refractivity contribution in [2.45, 2.75) is 0 Å². The van der Waals surface area contributed by atoms with Gasteiger partial charge in [0.25, 0.3) is 0 Å². The zero-order valence-electron chi connectivity index (χ0n) is 10.0. The Morgan fingerprint density at radius 1 is 0.900 bits per heavy atom. The van der Waals surface area contributed by atoms with Gasteiger partial charge in [-0.15, -0.1) is 0 Å². The van der Waals surface area contributed by atoms with E-state index in [1.807, 2.05) is 0 Å². The summed E-state index contributed by atoms with van der Waals surface area (Å²) in [6, 6.07) is 11.4. The summed E-state index contributed by atoms with van der Waals surface area (Å²) in [4.78, 5) is 4.25. The van der Waals surface area contributed by atoms with Gasteiger partial charge in [0.05, 0.1) is 10.2 Å². The van der Waals surface area contributed by atoms with Crippen LogP contribution in [0.5, 0.6) is 0 Å². The molecule has 5 heteroatoms. The van der Waals surface area contributed by atoms with Crippen LogP contribution in [0.15, 0.2) is 51.4 Å². The van der Waals surface area contributed by atoms with Crippen LogP contribution in [0.3, 0.4) is 0 Å². The van der Waals surface area contributed by atoms with E-state index in [2.05, 4.69) is 36.8 Å². The first-order valence-corrected chi connectivity index (χ1v) is 7.35. The van der Waals surface area contributed by atoms with Gasteiger partial charge in [0.2, 0.25) is 0 Å².